The van der Waals surface area contributed by atoms with Gasteiger partial charge in [-0.25, -0.2) is 0 Å². The van der Waals surface area contributed by atoms with Crippen molar-refractivity contribution < 1.29 is 15.0 Å². The molecular formula is C21H25NO3. The second kappa shape index (κ2) is 7.38. The van der Waals surface area contributed by atoms with Crippen LogP contribution in [0.5, 0.6) is 0 Å². The number of nitrogens with zero attached hydrogens (tertiary/aromatic N) is 1. The number of rotatable bonds is 4. The number of hydrogen-bond acceptors (Lipinski definition) is 3. The minimum absolute atomic E-state index is 0.0293. The molecule has 2 aromatic carbocycles. The van der Waals surface area contributed by atoms with Crippen LogP contribution >= 0.6 is 0 Å². The molecule has 3 rings (SSSR count). The fourth-order valence-electron chi connectivity index (χ4n) is 3.15. The molecule has 1 fully saturated rings. The molecule has 1 saturated heterocycles. The SMILES string of the molecule is C[C@@]1(O)CCN(C(=O)CCc2ccc(-c3ccccc3)cc2)C[C@H]1O. The lowest BCUT2D eigenvalue weighted by Gasteiger charge is -2.40. The van der Waals surface area contributed by atoms with E-state index in [2.05, 4.69) is 36.4 Å². The van der Waals surface area contributed by atoms with Crippen molar-refractivity contribution >= 4 is 5.91 Å². The van der Waals surface area contributed by atoms with Crippen LogP contribution in [0, 0.1) is 0 Å². The van der Waals surface area contributed by atoms with Gasteiger partial charge in [0.2, 0.25) is 5.91 Å². The highest BCUT2D eigenvalue weighted by Gasteiger charge is 2.37. The average Bonchev–Trinajstić information content (AvgIpc) is 2.63. The summed E-state index contributed by atoms with van der Waals surface area (Å²) in [5.74, 6) is 0.0293. The zero-order valence-electron chi connectivity index (χ0n) is 14.6. The molecule has 0 saturated carbocycles. The third-order valence-electron chi connectivity index (χ3n) is 5.04. The second-order valence-corrected chi connectivity index (χ2v) is 7.03. The number of amides is 1. The van der Waals surface area contributed by atoms with Crippen molar-refractivity contribution in [1.82, 2.24) is 4.90 Å². The smallest absolute Gasteiger partial charge is 0.222 e. The lowest BCUT2D eigenvalue weighted by molar-refractivity contribution is -0.146. The van der Waals surface area contributed by atoms with E-state index in [0.29, 0.717) is 25.8 Å². The van der Waals surface area contributed by atoms with Gasteiger partial charge in [0.15, 0.2) is 0 Å². The van der Waals surface area contributed by atoms with Gasteiger partial charge >= 0.3 is 0 Å². The van der Waals surface area contributed by atoms with E-state index in [9.17, 15) is 15.0 Å². The van der Waals surface area contributed by atoms with E-state index in [1.807, 2.05) is 18.2 Å². The fourth-order valence-corrected chi connectivity index (χ4v) is 3.15. The van der Waals surface area contributed by atoms with E-state index in [-0.39, 0.29) is 12.5 Å². The predicted molar refractivity (Wildman–Crippen MR) is 98.0 cm³/mol. The highest BCUT2D eigenvalue weighted by atomic mass is 16.3. The molecule has 1 aliphatic heterocycles. The first-order valence-corrected chi connectivity index (χ1v) is 8.78. The van der Waals surface area contributed by atoms with Crippen molar-refractivity contribution in [2.75, 3.05) is 13.1 Å². The molecule has 0 aliphatic carbocycles. The standard InChI is InChI=1S/C21H25NO3/c1-21(25)13-14-22(15-19(21)23)20(24)12-9-16-7-10-18(11-8-16)17-5-3-2-4-6-17/h2-8,10-11,19,23,25H,9,12-15H2,1H3/t19-,21-/m1/s1. The Labute approximate surface area is 148 Å². The maximum Gasteiger partial charge on any atom is 0.222 e. The number of aliphatic hydroxyl groups is 2. The van der Waals surface area contributed by atoms with Crippen LogP contribution in [0.25, 0.3) is 11.1 Å². The number of benzene rings is 2. The normalized spacial score (nSPS) is 23.5. The molecule has 25 heavy (non-hydrogen) atoms. The number of β-amino-alcohol motifs (C(OH)–C–C–N with tert-alkyl or cyclic N) is 1. The number of aryl methyl sites for hydroxylation is 1. The lowest BCUT2D eigenvalue weighted by Crippen LogP contribution is -2.55. The van der Waals surface area contributed by atoms with Gasteiger partial charge in [0.1, 0.15) is 0 Å². The molecule has 0 unspecified atom stereocenters. The highest BCUT2D eigenvalue weighted by molar-refractivity contribution is 5.76. The number of carbonyl (C=O) groups is 1. The molecule has 1 amide bonds. The van der Waals surface area contributed by atoms with Gasteiger partial charge in [-0.3, -0.25) is 4.79 Å². The van der Waals surface area contributed by atoms with E-state index in [0.717, 1.165) is 11.1 Å². The van der Waals surface area contributed by atoms with Crippen molar-refractivity contribution in [3.05, 3.63) is 60.2 Å². The Kier molecular flexibility index (Phi) is 5.21. The summed E-state index contributed by atoms with van der Waals surface area (Å²) in [6, 6.07) is 18.5. The second-order valence-electron chi connectivity index (χ2n) is 7.03. The Morgan fingerprint density at radius 3 is 2.40 bits per heavy atom. The number of hydrogen-bond donors (Lipinski definition) is 2. The first-order valence-electron chi connectivity index (χ1n) is 8.78. The van der Waals surface area contributed by atoms with Crippen LogP contribution in [-0.2, 0) is 11.2 Å². The van der Waals surface area contributed by atoms with Gasteiger partial charge in [-0.1, -0.05) is 54.6 Å². The summed E-state index contributed by atoms with van der Waals surface area (Å²) in [6.45, 7) is 2.32. The maximum absolute atomic E-state index is 12.3. The van der Waals surface area contributed by atoms with Crippen LogP contribution in [0.2, 0.25) is 0 Å². The lowest BCUT2D eigenvalue weighted by atomic mass is 9.90. The zero-order valence-corrected chi connectivity index (χ0v) is 14.6. The highest BCUT2D eigenvalue weighted by Crippen LogP contribution is 2.23. The largest absolute Gasteiger partial charge is 0.388 e. The summed E-state index contributed by atoms with van der Waals surface area (Å²) in [5.41, 5.74) is 2.37. The van der Waals surface area contributed by atoms with Crippen LogP contribution in [0.1, 0.15) is 25.3 Å². The molecule has 0 spiro atoms. The number of aliphatic hydroxyl groups excluding tert-OH is 1. The van der Waals surface area contributed by atoms with Crippen LogP contribution in [0.15, 0.2) is 54.6 Å². The number of likely N-dealkylation sites (tertiary alicyclic amines) is 1. The van der Waals surface area contributed by atoms with Gasteiger partial charge in [-0.05, 0) is 36.5 Å². The quantitative estimate of drug-likeness (QED) is 0.900. The first kappa shape index (κ1) is 17.6. The summed E-state index contributed by atoms with van der Waals surface area (Å²) in [5, 5.41) is 19.9. The van der Waals surface area contributed by atoms with Crippen molar-refractivity contribution in [1.29, 1.82) is 0 Å². The molecule has 4 heteroatoms. The van der Waals surface area contributed by atoms with Gasteiger partial charge in [-0.2, -0.15) is 0 Å². The van der Waals surface area contributed by atoms with E-state index in [1.165, 1.54) is 5.56 Å². The van der Waals surface area contributed by atoms with Crippen LogP contribution in [-0.4, -0.2) is 45.8 Å². The summed E-state index contributed by atoms with van der Waals surface area (Å²) >= 11 is 0. The Bertz CT molecular complexity index is 710. The topological polar surface area (TPSA) is 60.8 Å². The fraction of sp³-hybridized carbons (Fsp3) is 0.381. The average molecular weight is 339 g/mol. The summed E-state index contributed by atoms with van der Waals surface area (Å²) in [4.78, 5) is 14.0. The Hall–Kier alpha value is -2.17. The zero-order chi connectivity index (χ0) is 17.9. The van der Waals surface area contributed by atoms with Crippen molar-refractivity contribution in [2.45, 2.75) is 37.9 Å². The van der Waals surface area contributed by atoms with Crippen molar-refractivity contribution in [3.63, 3.8) is 0 Å². The van der Waals surface area contributed by atoms with E-state index < -0.39 is 11.7 Å². The van der Waals surface area contributed by atoms with Gasteiger partial charge in [0.05, 0.1) is 11.7 Å². The van der Waals surface area contributed by atoms with Crippen LogP contribution < -0.4 is 0 Å². The molecule has 0 aromatic heterocycles. The van der Waals surface area contributed by atoms with Crippen molar-refractivity contribution in [2.24, 2.45) is 0 Å². The van der Waals surface area contributed by atoms with Gasteiger partial charge in [0.25, 0.3) is 0 Å². The summed E-state index contributed by atoms with van der Waals surface area (Å²) < 4.78 is 0. The molecule has 2 aromatic rings. The summed E-state index contributed by atoms with van der Waals surface area (Å²) in [6.07, 6.45) is 0.623. The number of piperidine rings is 1. The Morgan fingerprint density at radius 2 is 1.76 bits per heavy atom. The van der Waals surface area contributed by atoms with Crippen LogP contribution in [0.4, 0.5) is 0 Å². The molecule has 4 nitrogen and oxygen atoms in total. The minimum Gasteiger partial charge on any atom is -0.388 e. The third-order valence-corrected chi connectivity index (χ3v) is 5.04. The first-order chi connectivity index (χ1) is 12.0. The third kappa shape index (κ3) is 4.27. The molecule has 1 heterocycles. The molecule has 1 aliphatic rings. The van der Waals surface area contributed by atoms with Crippen LogP contribution in [0.3, 0.4) is 0 Å². The molecular weight excluding hydrogens is 314 g/mol. The van der Waals surface area contributed by atoms with E-state index in [1.54, 1.807) is 11.8 Å². The number of carbonyl (C=O) groups excluding carboxylic acids is 1. The predicted octanol–water partition coefficient (Wildman–Crippen LogP) is 2.63. The van der Waals surface area contributed by atoms with E-state index in [4.69, 9.17) is 0 Å². The van der Waals surface area contributed by atoms with Crippen molar-refractivity contribution in [3.8, 4) is 11.1 Å². The van der Waals surface area contributed by atoms with Gasteiger partial charge in [-0.15, -0.1) is 0 Å². The minimum atomic E-state index is -1.09. The van der Waals surface area contributed by atoms with E-state index >= 15 is 0 Å². The Morgan fingerprint density at radius 1 is 1.12 bits per heavy atom. The monoisotopic (exact) mass is 339 g/mol. The summed E-state index contributed by atoms with van der Waals surface area (Å²) in [7, 11) is 0. The van der Waals surface area contributed by atoms with Gasteiger partial charge in [0, 0.05) is 19.5 Å². The molecule has 2 atom stereocenters. The van der Waals surface area contributed by atoms with Gasteiger partial charge < -0.3 is 15.1 Å². The molecule has 0 radical (unpaired) electrons. The molecule has 2 N–H and O–H groups in total. The molecule has 0 bridgehead atoms. The maximum atomic E-state index is 12.3. The molecule has 132 valence electrons. The Balaban J connectivity index is 1.54.